The average Bonchev–Trinajstić information content (AvgIpc) is 3.17. The fourth-order valence-electron chi connectivity index (χ4n) is 1.77. The second kappa shape index (κ2) is 7.91. The van der Waals surface area contributed by atoms with Crippen LogP contribution in [0.5, 0.6) is 0 Å². The number of benzene rings is 1. The smallest absolute Gasteiger partial charge is 0.0630 e. The van der Waals surface area contributed by atoms with Crippen LogP contribution < -0.4 is 0 Å². The van der Waals surface area contributed by atoms with E-state index in [1.54, 1.807) is 11.3 Å². The molecule has 0 aliphatic heterocycles. The van der Waals surface area contributed by atoms with Crippen LogP contribution in [-0.4, -0.2) is 6.21 Å². The average molecular weight is 313 g/mol. The van der Waals surface area contributed by atoms with Crippen LogP contribution in [0, 0.1) is 6.92 Å². The summed E-state index contributed by atoms with van der Waals surface area (Å²) in [6.45, 7) is 6.14. The van der Waals surface area contributed by atoms with Crippen molar-refractivity contribution in [3.8, 4) is 9.75 Å². The lowest BCUT2D eigenvalue weighted by Gasteiger charge is -1.90. The zero-order valence-electron chi connectivity index (χ0n) is 12.5. The molecule has 0 unspecified atom stereocenters. The molecule has 0 amide bonds. The van der Waals surface area contributed by atoms with E-state index in [1.807, 2.05) is 61.7 Å². The highest BCUT2D eigenvalue weighted by Crippen LogP contribution is 2.32. The molecular weight excluding hydrogens is 294 g/mol. The van der Waals surface area contributed by atoms with Gasteiger partial charge < -0.3 is 0 Å². The molecule has 3 heteroatoms. The van der Waals surface area contributed by atoms with Gasteiger partial charge in [-0.15, -0.1) is 22.7 Å². The lowest BCUT2D eigenvalue weighted by atomic mass is 10.3. The number of nitrogens with zero attached hydrogens (tertiary/aromatic N) is 1. The molecule has 21 heavy (non-hydrogen) atoms. The Labute approximate surface area is 134 Å². The normalized spacial score (nSPS) is 10.4. The zero-order chi connectivity index (χ0) is 15.1. The number of hydrogen-bond donors (Lipinski definition) is 0. The maximum Gasteiger partial charge on any atom is 0.0630 e. The third-order valence-corrected chi connectivity index (χ3v) is 4.92. The number of thiophene rings is 2. The summed E-state index contributed by atoms with van der Waals surface area (Å²) in [4.78, 5) is 9.66. The van der Waals surface area contributed by atoms with E-state index in [4.69, 9.17) is 0 Å². The van der Waals surface area contributed by atoms with Crippen molar-refractivity contribution in [2.75, 3.05) is 0 Å². The Balaban J connectivity index is 0.000000774. The van der Waals surface area contributed by atoms with Crippen LogP contribution in [0.3, 0.4) is 0 Å². The molecule has 1 aromatic carbocycles. The van der Waals surface area contributed by atoms with E-state index in [2.05, 4.69) is 36.2 Å². The monoisotopic (exact) mass is 313 g/mol. The van der Waals surface area contributed by atoms with Crippen LogP contribution in [0.1, 0.15) is 23.6 Å². The number of aliphatic imine (C=N–C) groups is 1. The van der Waals surface area contributed by atoms with E-state index < -0.39 is 0 Å². The molecule has 0 N–H and O–H groups in total. The van der Waals surface area contributed by atoms with Crippen LogP contribution in [0.25, 0.3) is 9.75 Å². The Bertz CT molecular complexity index is 693. The molecule has 0 aliphatic carbocycles. The van der Waals surface area contributed by atoms with Crippen molar-refractivity contribution in [1.82, 2.24) is 0 Å². The summed E-state index contributed by atoms with van der Waals surface area (Å²) in [6, 6.07) is 18.7. The first-order valence-corrected chi connectivity index (χ1v) is 8.70. The number of rotatable bonds is 3. The van der Waals surface area contributed by atoms with Crippen molar-refractivity contribution in [3.63, 3.8) is 0 Å². The fourth-order valence-corrected chi connectivity index (χ4v) is 3.61. The molecule has 0 aliphatic rings. The van der Waals surface area contributed by atoms with E-state index >= 15 is 0 Å². The van der Waals surface area contributed by atoms with Gasteiger partial charge in [0, 0.05) is 25.7 Å². The molecule has 0 fully saturated rings. The standard InChI is InChI=1S/C16H13NS2.C2H6/c1-12-7-9-15(18-12)16-10-8-14(19-16)11-17-13-5-3-2-4-6-13;1-2/h2-11H,1H3;1-2H3. The molecule has 0 saturated carbocycles. The van der Waals surface area contributed by atoms with Gasteiger partial charge in [-0.2, -0.15) is 0 Å². The number of hydrogen-bond acceptors (Lipinski definition) is 3. The van der Waals surface area contributed by atoms with Crippen LogP contribution >= 0.6 is 22.7 Å². The van der Waals surface area contributed by atoms with Crippen molar-refractivity contribution in [2.24, 2.45) is 4.99 Å². The molecule has 108 valence electrons. The van der Waals surface area contributed by atoms with Gasteiger partial charge in [-0.25, -0.2) is 0 Å². The van der Waals surface area contributed by atoms with Gasteiger partial charge in [0.05, 0.1) is 5.69 Å². The molecule has 3 aromatic rings. The summed E-state index contributed by atoms with van der Waals surface area (Å²) in [5.74, 6) is 0. The molecule has 0 saturated heterocycles. The van der Waals surface area contributed by atoms with Crippen LogP contribution in [-0.2, 0) is 0 Å². The van der Waals surface area contributed by atoms with Crippen molar-refractivity contribution in [3.05, 3.63) is 64.4 Å². The summed E-state index contributed by atoms with van der Waals surface area (Å²) < 4.78 is 0. The molecule has 2 aromatic heterocycles. The lowest BCUT2D eigenvalue weighted by molar-refractivity contribution is 1.50. The maximum absolute atomic E-state index is 4.48. The Kier molecular flexibility index (Phi) is 5.90. The van der Waals surface area contributed by atoms with Gasteiger partial charge in [-0.1, -0.05) is 32.0 Å². The molecule has 1 nitrogen and oxygen atoms in total. The SMILES string of the molecule is CC.Cc1ccc(-c2ccc(C=Nc3ccccc3)s2)s1. The molecular formula is C18H19NS2. The third-order valence-electron chi connectivity index (χ3n) is 2.71. The molecule has 2 heterocycles. The number of para-hydroxylation sites is 1. The highest BCUT2D eigenvalue weighted by Gasteiger charge is 2.03. The van der Waals surface area contributed by atoms with Crippen LogP contribution in [0.2, 0.25) is 0 Å². The van der Waals surface area contributed by atoms with Crippen molar-refractivity contribution < 1.29 is 0 Å². The summed E-state index contributed by atoms with van der Waals surface area (Å²) in [7, 11) is 0. The van der Waals surface area contributed by atoms with Gasteiger partial charge in [-0.05, 0) is 43.3 Å². The summed E-state index contributed by atoms with van der Waals surface area (Å²) in [5, 5.41) is 0. The highest BCUT2D eigenvalue weighted by atomic mass is 32.1. The van der Waals surface area contributed by atoms with Gasteiger partial charge in [0.25, 0.3) is 0 Å². The fraction of sp³-hybridized carbons (Fsp3) is 0.167. The van der Waals surface area contributed by atoms with Gasteiger partial charge in [0.2, 0.25) is 0 Å². The second-order valence-electron chi connectivity index (χ2n) is 4.21. The van der Waals surface area contributed by atoms with E-state index in [1.165, 1.54) is 19.5 Å². The van der Waals surface area contributed by atoms with Crippen molar-refractivity contribution in [2.45, 2.75) is 20.8 Å². The second-order valence-corrected chi connectivity index (χ2v) is 6.61. The van der Waals surface area contributed by atoms with Crippen molar-refractivity contribution in [1.29, 1.82) is 0 Å². The van der Waals surface area contributed by atoms with Gasteiger partial charge >= 0.3 is 0 Å². The van der Waals surface area contributed by atoms with Gasteiger partial charge in [-0.3, -0.25) is 4.99 Å². The Morgan fingerprint density at radius 1 is 0.810 bits per heavy atom. The van der Waals surface area contributed by atoms with E-state index in [0.29, 0.717) is 0 Å². The molecule has 3 rings (SSSR count). The van der Waals surface area contributed by atoms with Crippen LogP contribution in [0.4, 0.5) is 5.69 Å². The molecule has 0 bridgehead atoms. The predicted octanol–water partition coefficient (Wildman–Crippen LogP) is 6.56. The van der Waals surface area contributed by atoms with E-state index in [9.17, 15) is 0 Å². The van der Waals surface area contributed by atoms with E-state index in [-0.39, 0.29) is 0 Å². The minimum Gasteiger partial charge on any atom is -0.255 e. The minimum atomic E-state index is 0.990. The number of aryl methyl sites for hydroxylation is 1. The Morgan fingerprint density at radius 3 is 2.14 bits per heavy atom. The zero-order valence-corrected chi connectivity index (χ0v) is 14.2. The predicted molar refractivity (Wildman–Crippen MR) is 97.4 cm³/mol. The molecule has 0 spiro atoms. The topological polar surface area (TPSA) is 12.4 Å². The van der Waals surface area contributed by atoms with Crippen LogP contribution in [0.15, 0.2) is 59.6 Å². The first-order valence-electron chi connectivity index (χ1n) is 7.07. The summed E-state index contributed by atoms with van der Waals surface area (Å²) in [6.07, 6.45) is 1.93. The quantitative estimate of drug-likeness (QED) is 0.485. The molecule has 0 radical (unpaired) electrons. The van der Waals surface area contributed by atoms with Gasteiger partial charge in [0.15, 0.2) is 0 Å². The first-order chi connectivity index (χ1) is 10.3. The Hall–Kier alpha value is -1.71. The highest BCUT2D eigenvalue weighted by molar-refractivity contribution is 7.22. The lowest BCUT2D eigenvalue weighted by Crippen LogP contribution is -1.70. The van der Waals surface area contributed by atoms with E-state index in [0.717, 1.165) is 5.69 Å². The Morgan fingerprint density at radius 2 is 1.48 bits per heavy atom. The largest absolute Gasteiger partial charge is 0.255 e. The summed E-state index contributed by atoms with van der Waals surface area (Å²) in [5.41, 5.74) is 0.990. The summed E-state index contributed by atoms with van der Waals surface area (Å²) >= 11 is 3.61. The molecule has 0 atom stereocenters. The first kappa shape index (κ1) is 15.7. The maximum atomic E-state index is 4.48. The van der Waals surface area contributed by atoms with Crippen molar-refractivity contribution >= 4 is 34.6 Å². The van der Waals surface area contributed by atoms with Gasteiger partial charge in [0.1, 0.15) is 0 Å². The third kappa shape index (κ3) is 4.38. The minimum absolute atomic E-state index is 0.990.